The summed E-state index contributed by atoms with van der Waals surface area (Å²) >= 11 is 0. The van der Waals surface area contributed by atoms with Crippen LogP contribution in [0.25, 0.3) is 0 Å². The van der Waals surface area contributed by atoms with E-state index >= 15 is 0 Å². The van der Waals surface area contributed by atoms with Crippen molar-refractivity contribution in [2.45, 2.75) is 13.0 Å². The van der Waals surface area contributed by atoms with Gasteiger partial charge in [0, 0.05) is 13.2 Å². The van der Waals surface area contributed by atoms with E-state index in [1.807, 2.05) is 30.3 Å². The van der Waals surface area contributed by atoms with Crippen molar-refractivity contribution in [1.29, 1.82) is 0 Å². The fraction of sp³-hybridized carbons (Fsp3) is 0.462. The first kappa shape index (κ1) is 14.5. The summed E-state index contributed by atoms with van der Waals surface area (Å²) in [6.07, 6.45) is 0.402. The first-order valence-corrected chi connectivity index (χ1v) is 6.05. The Bertz CT molecular complexity index is 330. The number of rotatable bonds is 8. The number of carbonyl (C=O) groups is 1. The molecule has 0 aromatic heterocycles. The van der Waals surface area contributed by atoms with Gasteiger partial charge < -0.3 is 20.5 Å². The van der Waals surface area contributed by atoms with Gasteiger partial charge in [0.15, 0.2) is 0 Å². The SMILES string of the molecule is NCCCOCCNC(=O)OCc1ccccc1. The number of carbonyl (C=O) groups excluding carboxylic acids is 1. The minimum atomic E-state index is -0.429. The molecule has 1 aromatic carbocycles. The molecule has 0 spiro atoms. The predicted molar refractivity (Wildman–Crippen MR) is 69.1 cm³/mol. The molecule has 3 N–H and O–H groups in total. The molecule has 1 amide bonds. The van der Waals surface area contributed by atoms with E-state index in [4.69, 9.17) is 15.2 Å². The highest BCUT2D eigenvalue weighted by Gasteiger charge is 2.01. The van der Waals surface area contributed by atoms with Crippen LogP contribution in [0.1, 0.15) is 12.0 Å². The molecule has 0 saturated carbocycles. The first-order chi connectivity index (χ1) is 8.83. The van der Waals surface area contributed by atoms with Crippen LogP contribution in [-0.4, -0.2) is 32.4 Å². The third kappa shape index (κ3) is 6.88. The van der Waals surface area contributed by atoms with Gasteiger partial charge in [-0.2, -0.15) is 0 Å². The number of hydrogen-bond acceptors (Lipinski definition) is 4. The number of benzene rings is 1. The number of amides is 1. The number of nitrogens with two attached hydrogens (primary N) is 1. The van der Waals surface area contributed by atoms with Gasteiger partial charge in [-0.15, -0.1) is 0 Å². The van der Waals surface area contributed by atoms with Crippen molar-refractivity contribution in [3.05, 3.63) is 35.9 Å². The largest absolute Gasteiger partial charge is 0.445 e. The molecule has 5 heteroatoms. The summed E-state index contributed by atoms with van der Waals surface area (Å²) in [6.45, 7) is 2.43. The monoisotopic (exact) mass is 252 g/mol. The average Bonchev–Trinajstić information content (AvgIpc) is 2.41. The molecule has 0 aliphatic heterocycles. The number of nitrogens with one attached hydrogen (secondary N) is 1. The molecule has 0 heterocycles. The van der Waals surface area contributed by atoms with Crippen LogP contribution in [0, 0.1) is 0 Å². The Morgan fingerprint density at radius 2 is 2.00 bits per heavy atom. The molecule has 0 aliphatic carbocycles. The highest BCUT2D eigenvalue weighted by molar-refractivity contribution is 5.67. The molecule has 0 atom stereocenters. The Kier molecular flexibility index (Phi) is 7.59. The molecule has 18 heavy (non-hydrogen) atoms. The number of ether oxygens (including phenoxy) is 2. The molecule has 100 valence electrons. The van der Waals surface area contributed by atoms with Crippen LogP contribution >= 0.6 is 0 Å². The Hall–Kier alpha value is -1.59. The zero-order valence-corrected chi connectivity index (χ0v) is 10.4. The van der Waals surface area contributed by atoms with Gasteiger partial charge in [0.05, 0.1) is 6.61 Å². The standard InChI is InChI=1S/C13H20N2O3/c14-7-4-9-17-10-8-15-13(16)18-11-12-5-2-1-3-6-12/h1-3,5-6H,4,7-11,14H2,(H,15,16). The summed E-state index contributed by atoms with van der Waals surface area (Å²) in [5, 5.41) is 2.61. The molecule has 0 fully saturated rings. The van der Waals surface area contributed by atoms with E-state index in [1.165, 1.54) is 0 Å². The lowest BCUT2D eigenvalue weighted by molar-refractivity contribution is 0.118. The van der Waals surface area contributed by atoms with Gasteiger partial charge in [0.2, 0.25) is 0 Å². The van der Waals surface area contributed by atoms with Gasteiger partial charge >= 0.3 is 6.09 Å². The fourth-order valence-corrected chi connectivity index (χ4v) is 1.29. The Morgan fingerprint density at radius 3 is 2.72 bits per heavy atom. The van der Waals surface area contributed by atoms with Crippen LogP contribution in [0.2, 0.25) is 0 Å². The van der Waals surface area contributed by atoms with Gasteiger partial charge in [-0.05, 0) is 18.5 Å². The molecule has 0 saturated heterocycles. The summed E-state index contributed by atoms with van der Waals surface area (Å²) < 4.78 is 10.3. The lowest BCUT2D eigenvalue weighted by atomic mass is 10.2. The van der Waals surface area contributed by atoms with E-state index in [9.17, 15) is 4.79 Å². The van der Waals surface area contributed by atoms with Gasteiger partial charge in [-0.1, -0.05) is 30.3 Å². The second-order valence-corrected chi connectivity index (χ2v) is 3.74. The zero-order chi connectivity index (χ0) is 13.1. The van der Waals surface area contributed by atoms with E-state index in [-0.39, 0.29) is 6.61 Å². The summed E-state index contributed by atoms with van der Waals surface area (Å²) in [5.41, 5.74) is 6.28. The number of hydrogen-bond donors (Lipinski definition) is 2. The summed E-state index contributed by atoms with van der Waals surface area (Å²) in [4.78, 5) is 11.3. The van der Waals surface area contributed by atoms with Crippen LogP contribution in [-0.2, 0) is 16.1 Å². The van der Waals surface area contributed by atoms with Crippen molar-refractivity contribution in [3.63, 3.8) is 0 Å². The third-order valence-corrected chi connectivity index (χ3v) is 2.22. The topological polar surface area (TPSA) is 73.6 Å². The van der Waals surface area contributed by atoms with Crippen LogP contribution in [0.5, 0.6) is 0 Å². The highest BCUT2D eigenvalue weighted by atomic mass is 16.5. The van der Waals surface area contributed by atoms with Gasteiger partial charge in [0.1, 0.15) is 6.61 Å². The average molecular weight is 252 g/mol. The molecule has 1 aromatic rings. The fourth-order valence-electron chi connectivity index (χ4n) is 1.29. The van der Waals surface area contributed by atoms with Crippen molar-refractivity contribution in [2.24, 2.45) is 5.73 Å². The Balaban J connectivity index is 2.01. The third-order valence-electron chi connectivity index (χ3n) is 2.22. The smallest absolute Gasteiger partial charge is 0.407 e. The maximum Gasteiger partial charge on any atom is 0.407 e. The van der Waals surface area contributed by atoms with Crippen molar-refractivity contribution in [2.75, 3.05) is 26.3 Å². The van der Waals surface area contributed by atoms with Crippen molar-refractivity contribution >= 4 is 6.09 Å². The highest BCUT2D eigenvalue weighted by Crippen LogP contribution is 2.00. The summed E-state index contributed by atoms with van der Waals surface area (Å²) in [6, 6.07) is 9.54. The maximum atomic E-state index is 11.3. The summed E-state index contributed by atoms with van der Waals surface area (Å²) in [5.74, 6) is 0. The quantitative estimate of drug-likeness (QED) is 0.683. The van der Waals surface area contributed by atoms with E-state index in [0.29, 0.717) is 26.3 Å². The molecule has 5 nitrogen and oxygen atoms in total. The predicted octanol–water partition coefficient (Wildman–Crippen LogP) is 1.28. The Morgan fingerprint density at radius 1 is 1.22 bits per heavy atom. The van der Waals surface area contributed by atoms with E-state index in [2.05, 4.69) is 5.32 Å². The second kappa shape index (κ2) is 9.44. The molecule has 1 rings (SSSR count). The van der Waals surface area contributed by atoms with Crippen molar-refractivity contribution in [3.8, 4) is 0 Å². The lowest BCUT2D eigenvalue weighted by Gasteiger charge is -2.07. The van der Waals surface area contributed by atoms with Gasteiger partial charge in [-0.3, -0.25) is 0 Å². The maximum absolute atomic E-state index is 11.3. The van der Waals surface area contributed by atoms with Gasteiger partial charge in [-0.25, -0.2) is 4.79 Å². The normalized spacial score (nSPS) is 10.1. The molecular weight excluding hydrogens is 232 g/mol. The Labute approximate surface area is 107 Å². The molecular formula is C13H20N2O3. The van der Waals surface area contributed by atoms with E-state index < -0.39 is 6.09 Å². The van der Waals surface area contributed by atoms with Crippen LogP contribution in [0.15, 0.2) is 30.3 Å². The zero-order valence-electron chi connectivity index (χ0n) is 10.4. The van der Waals surface area contributed by atoms with Gasteiger partial charge in [0.25, 0.3) is 0 Å². The molecule has 0 bridgehead atoms. The van der Waals surface area contributed by atoms with E-state index in [1.54, 1.807) is 0 Å². The summed E-state index contributed by atoms with van der Waals surface area (Å²) in [7, 11) is 0. The lowest BCUT2D eigenvalue weighted by Crippen LogP contribution is -2.28. The molecule has 0 aliphatic rings. The molecule has 0 unspecified atom stereocenters. The van der Waals surface area contributed by atoms with Crippen LogP contribution in [0.3, 0.4) is 0 Å². The minimum Gasteiger partial charge on any atom is -0.445 e. The van der Waals surface area contributed by atoms with Crippen LogP contribution < -0.4 is 11.1 Å². The van der Waals surface area contributed by atoms with Crippen molar-refractivity contribution in [1.82, 2.24) is 5.32 Å². The minimum absolute atomic E-state index is 0.278. The first-order valence-electron chi connectivity index (χ1n) is 6.05. The molecule has 0 radical (unpaired) electrons. The van der Waals surface area contributed by atoms with E-state index in [0.717, 1.165) is 12.0 Å². The van der Waals surface area contributed by atoms with Crippen molar-refractivity contribution < 1.29 is 14.3 Å². The van der Waals surface area contributed by atoms with Crippen LogP contribution in [0.4, 0.5) is 4.79 Å². The second-order valence-electron chi connectivity index (χ2n) is 3.74. The number of alkyl carbamates (subject to hydrolysis) is 1.